The molecular formula is C24H27FN4O2. The molecule has 1 fully saturated rings. The summed E-state index contributed by atoms with van der Waals surface area (Å²) >= 11 is 0. The highest BCUT2D eigenvalue weighted by atomic mass is 19.1. The molecule has 0 saturated carbocycles. The van der Waals surface area contributed by atoms with Gasteiger partial charge in [0, 0.05) is 37.7 Å². The molecule has 7 heteroatoms. The Morgan fingerprint density at radius 3 is 2.61 bits per heavy atom. The molecule has 2 N–H and O–H groups in total. The van der Waals surface area contributed by atoms with Crippen LogP contribution in [-0.4, -0.2) is 42.3 Å². The van der Waals surface area contributed by atoms with Gasteiger partial charge in [0.25, 0.3) is 5.88 Å². The number of hydrogen-bond donors (Lipinski definition) is 1. The number of nitrogens with zero attached hydrogens (tertiary/aromatic N) is 3. The third kappa shape index (κ3) is 4.77. The maximum Gasteiger partial charge on any atom is 0.253 e. The number of guanidine groups is 1. The van der Waals surface area contributed by atoms with E-state index < -0.39 is 0 Å². The summed E-state index contributed by atoms with van der Waals surface area (Å²) in [5.74, 6) is 0.337. The van der Waals surface area contributed by atoms with E-state index in [-0.39, 0.29) is 17.8 Å². The predicted molar refractivity (Wildman–Crippen MR) is 119 cm³/mol. The number of nitrogens with two attached hydrogens (primary N) is 1. The second-order valence-corrected chi connectivity index (χ2v) is 7.81. The first-order valence-corrected chi connectivity index (χ1v) is 10.5. The van der Waals surface area contributed by atoms with E-state index in [0.717, 1.165) is 37.1 Å². The summed E-state index contributed by atoms with van der Waals surface area (Å²) in [4.78, 5) is 6.39. The molecule has 1 atom stereocenters. The summed E-state index contributed by atoms with van der Waals surface area (Å²) in [6, 6.07) is 16.5. The maximum absolute atomic E-state index is 14.8. The number of aliphatic imine (C=N–C) groups is 1. The summed E-state index contributed by atoms with van der Waals surface area (Å²) in [7, 11) is 1.73. The van der Waals surface area contributed by atoms with E-state index in [1.165, 1.54) is 0 Å². The minimum Gasteiger partial charge on any atom is -0.381 e. The lowest BCUT2D eigenvalue weighted by Crippen LogP contribution is -2.44. The first kappa shape index (κ1) is 21.1. The molecule has 162 valence electrons. The fourth-order valence-electron chi connectivity index (χ4n) is 3.86. The minimum atomic E-state index is -0.263. The fourth-order valence-corrected chi connectivity index (χ4v) is 3.86. The fraction of sp³-hybridized carbons (Fsp3) is 0.333. The van der Waals surface area contributed by atoms with E-state index in [0.29, 0.717) is 23.1 Å². The van der Waals surface area contributed by atoms with Crippen LogP contribution in [0.1, 0.15) is 36.9 Å². The van der Waals surface area contributed by atoms with Crippen molar-refractivity contribution in [1.29, 1.82) is 0 Å². The van der Waals surface area contributed by atoms with Crippen LogP contribution in [0.25, 0.3) is 11.1 Å². The summed E-state index contributed by atoms with van der Waals surface area (Å²) < 4.78 is 25.5. The molecule has 2 heterocycles. The molecule has 1 saturated heterocycles. The zero-order chi connectivity index (χ0) is 21.8. The van der Waals surface area contributed by atoms with E-state index in [9.17, 15) is 4.39 Å². The number of aromatic nitrogens is 1. The van der Waals surface area contributed by atoms with Crippen LogP contribution < -0.4 is 5.73 Å². The van der Waals surface area contributed by atoms with Gasteiger partial charge in [0.05, 0.1) is 11.8 Å². The molecule has 0 spiro atoms. The molecule has 0 amide bonds. The summed E-state index contributed by atoms with van der Waals surface area (Å²) in [6.07, 6.45) is 2.10. The van der Waals surface area contributed by atoms with Gasteiger partial charge < -0.3 is 19.9 Å². The van der Waals surface area contributed by atoms with Crippen LogP contribution in [0, 0.1) is 5.82 Å². The number of benzene rings is 2. The number of ether oxygens (including phenoxy) is 1. The van der Waals surface area contributed by atoms with Gasteiger partial charge >= 0.3 is 0 Å². The molecule has 1 aliphatic rings. The number of likely N-dealkylation sites (tertiary alicyclic amines) is 1. The van der Waals surface area contributed by atoms with Crippen LogP contribution in [0.2, 0.25) is 0 Å². The standard InChI is InChI=1S/C24H27FN4O2/c1-16(18-8-9-20(21(25)14-18)17-6-4-3-5-7-17)22-15-23(31-28-22)27-24(26)29-12-10-19(30-2)11-13-29/h3-9,14-16,19H,10-13H2,1-2H3,(H2,26,27). The second-order valence-electron chi connectivity index (χ2n) is 7.81. The number of piperidine rings is 1. The van der Waals surface area contributed by atoms with Crippen molar-refractivity contribution in [2.75, 3.05) is 20.2 Å². The van der Waals surface area contributed by atoms with Gasteiger partial charge in [0.1, 0.15) is 5.82 Å². The number of methoxy groups -OCH3 is 1. The zero-order valence-corrected chi connectivity index (χ0v) is 17.8. The van der Waals surface area contributed by atoms with Gasteiger partial charge in [-0.3, -0.25) is 0 Å². The first-order valence-electron chi connectivity index (χ1n) is 10.5. The Hall–Kier alpha value is -3.19. The Bertz CT molecular complexity index is 1040. The molecule has 1 unspecified atom stereocenters. The van der Waals surface area contributed by atoms with Crippen molar-refractivity contribution >= 4 is 11.8 Å². The van der Waals surface area contributed by atoms with Gasteiger partial charge in [0.15, 0.2) is 5.96 Å². The number of halogens is 1. The monoisotopic (exact) mass is 422 g/mol. The van der Waals surface area contributed by atoms with Crippen LogP contribution >= 0.6 is 0 Å². The van der Waals surface area contributed by atoms with Crippen LogP contribution in [0.15, 0.2) is 64.1 Å². The molecule has 0 bridgehead atoms. The second kappa shape index (κ2) is 9.31. The molecular weight excluding hydrogens is 395 g/mol. The molecule has 6 nitrogen and oxygen atoms in total. The van der Waals surface area contributed by atoms with Crippen molar-refractivity contribution in [2.24, 2.45) is 10.7 Å². The van der Waals surface area contributed by atoms with Crippen LogP contribution in [0.5, 0.6) is 0 Å². The minimum absolute atomic E-state index is 0.148. The molecule has 31 heavy (non-hydrogen) atoms. The highest BCUT2D eigenvalue weighted by molar-refractivity contribution is 5.80. The Morgan fingerprint density at radius 1 is 1.19 bits per heavy atom. The van der Waals surface area contributed by atoms with Gasteiger partial charge in [0.2, 0.25) is 0 Å². The van der Waals surface area contributed by atoms with Crippen molar-refractivity contribution < 1.29 is 13.7 Å². The topological polar surface area (TPSA) is 76.9 Å². The largest absolute Gasteiger partial charge is 0.381 e. The van der Waals surface area contributed by atoms with E-state index in [1.54, 1.807) is 25.3 Å². The van der Waals surface area contributed by atoms with Crippen LogP contribution in [0.3, 0.4) is 0 Å². The highest BCUT2D eigenvalue weighted by Crippen LogP contribution is 2.30. The molecule has 1 aliphatic heterocycles. The summed E-state index contributed by atoms with van der Waals surface area (Å²) in [5.41, 5.74) is 9.07. The average molecular weight is 423 g/mol. The normalized spacial score (nSPS) is 16.5. The van der Waals surface area contributed by atoms with Crippen LogP contribution in [-0.2, 0) is 4.74 Å². The van der Waals surface area contributed by atoms with Crippen LogP contribution in [0.4, 0.5) is 10.3 Å². The van der Waals surface area contributed by atoms with E-state index >= 15 is 0 Å². The Kier molecular flexibility index (Phi) is 6.32. The lowest BCUT2D eigenvalue weighted by atomic mass is 9.95. The molecule has 3 aromatic rings. The van der Waals surface area contributed by atoms with Crippen molar-refractivity contribution in [3.05, 3.63) is 71.7 Å². The molecule has 4 rings (SSSR count). The van der Waals surface area contributed by atoms with Gasteiger partial charge in [-0.1, -0.05) is 54.5 Å². The third-order valence-corrected chi connectivity index (χ3v) is 5.86. The van der Waals surface area contributed by atoms with Crippen molar-refractivity contribution in [2.45, 2.75) is 31.8 Å². The predicted octanol–water partition coefficient (Wildman–Crippen LogP) is 4.69. The van der Waals surface area contributed by atoms with Gasteiger partial charge in [-0.15, -0.1) is 0 Å². The lowest BCUT2D eigenvalue weighted by molar-refractivity contribution is 0.0576. The number of rotatable bonds is 5. The van der Waals surface area contributed by atoms with Crippen molar-refractivity contribution in [3.63, 3.8) is 0 Å². The first-order chi connectivity index (χ1) is 15.0. The number of hydrogen-bond acceptors (Lipinski definition) is 4. The molecule has 1 aromatic heterocycles. The van der Waals surface area contributed by atoms with E-state index in [1.807, 2.05) is 48.2 Å². The van der Waals surface area contributed by atoms with E-state index in [2.05, 4.69) is 10.1 Å². The Labute approximate surface area is 181 Å². The van der Waals surface area contributed by atoms with E-state index in [4.69, 9.17) is 15.0 Å². The molecule has 2 aromatic carbocycles. The Balaban J connectivity index is 1.47. The summed E-state index contributed by atoms with van der Waals surface area (Å²) in [5, 5.41) is 4.13. The molecule has 0 aliphatic carbocycles. The van der Waals surface area contributed by atoms with Gasteiger partial charge in [-0.25, -0.2) is 4.39 Å². The lowest BCUT2D eigenvalue weighted by Gasteiger charge is -2.31. The highest BCUT2D eigenvalue weighted by Gasteiger charge is 2.21. The van der Waals surface area contributed by atoms with Crippen molar-refractivity contribution in [1.82, 2.24) is 10.1 Å². The smallest absolute Gasteiger partial charge is 0.253 e. The molecule has 0 radical (unpaired) electrons. The summed E-state index contributed by atoms with van der Waals surface area (Å²) in [6.45, 7) is 3.54. The van der Waals surface area contributed by atoms with Crippen molar-refractivity contribution in [3.8, 4) is 11.1 Å². The third-order valence-electron chi connectivity index (χ3n) is 5.86. The quantitative estimate of drug-likeness (QED) is 0.477. The maximum atomic E-state index is 14.8. The average Bonchev–Trinajstić information content (AvgIpc) is 3.27. The van der Waals surface area contributed by atoms with Gasteiger partial charge in [-0.2, -0.15) is 4.99 Å². The Morgan fingerprint density at radius 2 is 1.94 bits per heavy atom. The zero-order valence-electron chi connectivity index (χ0n) is 17.8. The van der Waals surface area contributed by atoms with Gasteiger partial charge in [-0.05, 0) is 30.0 Å². The SMILES string of the molecule is COC1CCN(C(N)=Nc2cc(C(C)c3ccc(-c4ccccc4)c(F)c3)no2)CC1.